The fourth-order valence-electron chi connectivity index (χ4n) is 3.67. The molecule has 3 rings (SSSR count). The van der Waals surface area contributed by atoms with Crippen LogP contribution >= 0.6 is 0 Å². The molecular weight excluding hydrogens is 368 g/mol. The molecule has 1 heterocycles. The topological polar surface area (TPSA) is 22.0 Å². The maximum absolute atomic E-state index is 14.0. The van der Waals surface area contributed by atoms with Crippen molar-refractivity contribution in [3.8, 4) is 11.8 Å². The zero-order valence-corrected chi connectivity index (χ0v) is 16.8. The summed E-state index contributed by atoms with van der Waals surface area (Å²) in [5.74, 6) is 4.92. The van der Waals surface area contributed by atoms with E-state index >= 15 is 0 Å². The van der Waals surface area contributed by atoms with Gasteiger partial charge in [-0.1, -0.05) is 57.2 Å². The molecule has 0 radical (unpaired) electrons. The van der Waals surface area contributed by atoms with Gasteiger partial charge < -0.3 is 4.57 Å². The molecular formula is C25H25F2NO. The van der Waals surface area contributed by atoms with Crippen molar-refractivity contribution in [1.82, 2.24) is 4.57 Å². The summed E-state index contributed by atoms with van der Waals surface area (Å²) >= 11 is 0. The van der Waals surface area contributed by atoms with Crippen LogP contribution in [-0.4, -0.2) is 10.9 Å². The van der Waals surface area contributed by atoms with Crippen molar-refractivity contribution >= 4 is 17.2 Å². The zero-order chi connectivity index (χ0) is 20.8. The second-order valence-corrected chi connectivity index (χ2v) is 7.30. The first-order valence-electron chi connectivity index (χ1n) is 10.1. The number of nitrogens with zero attached hydrogens (tertiary/aromatic N) is 1. The van der Waals surface area contributed by atoms with Gasteiger partial charge in [-0.15, -0.1) is 0 Å². The van der Waals surface area contributed by atoms with E-state index in [4.69, 9.17) is 0 Å². The van der Waals surface area contributed by atoms with Crippen LogP contribution in [0.1, 0.15) is 61.1 Å². The molecule has 150 valence electrons. The highest BCUT2D eigenvalue weighted by atomic mass is 19.1. The minimum Gasteiger partial charge on any atom is -0.333 e. The molecule has 0 spiro atoms. The van der Waals surface area contributed by atoms with Crippen molar-refractivity contribution < 1.29 is 13.6 Å². The SMILES string of the molecule is CCCCC(CC)Cn1c(C#Cc2ccc(F)cc2F)c(C=O)c2ccccc21. The lowest BCUT2D eigenvalue weighted by Crippen LogP contribution is -2.12. The van der Waals surface area contributed by atoms with Crippen LogP contribution in [0.5, 0.6) is 0 Å². The highest BCUT2D eigenvalue weighted by Crippen LogP contribution is 2.27. The van der Waals surface area contributed by atoms with Crippen LogP contribution in [0.15, 0.2) is 42.5 Å². The molecule has 0 aliphatic heterocycles. The van der Waals surface area contributed by atoms with Crippen LogP contribution in [0.4, 0.5) is 8.78 Å². The summed E-state index contributed by atoms with van der Waals surface area (Å²) in [6.07, 6.45) is 5.24. The summed E-state index contributed by atoms with van der Waals surface area (Å²) in [4.78, 5) is 11.9. The fraction of sp³-hybridized carbons (Fsp3) is 0.320. The highest BCUT2D eigenvalue weighted by Gasteiger charge is 2.18. The normalized spacial score (nSPS) is 11.9. The van der Waals surface area contributed by atoms with Crippen molar-refractivity contribution in [1.29, 1.82) is 0 Å². The number of hydrogen-bond acceptors (Lipinski definition) is 1. The van der Waals surface area contributed by atoms with Crippen LogP contribution in [0, 0.1) is 29.4 Å². The van der Waals surface area contributed by atoms with Gasteiger partial charge in [0.2, 0.25) is 0 Å². The Morgan fingerprint density at radius 2 is 1.90 bits per heavy atom. The smallest absolute Gasteiger partial charge is 0.153 e. The van der Waals surface area contributed by atoms with Crippen molar-refractivity contribution in [2.75, 3.05) is 0 Å². The number of benzene rings is 2. The summed E-state index contributed by atoms with van der Waals surface area (Å²) < 4.78 is 29.3. The Hall–Kier alpha value is -2.93. The first-order chi connectivity index (χ1) is 14.1. The molecule has 0 aliphatic carbocycles. The lowest BCUT2D eigenvalue weighted by molar-refractivity contribution is 0.112. The van der Waals surface area contributed by atoms with Gasteiger partial charge in [-0.2, -0.15) is 0 Å². The van der Waals surface area contributed by atoms with Crippen molar-refractivity contribution in [3.63, 3.8) is 0 Å². The standard InChI is InChI=1S/C25H25F2NO/c1-3-5-8-18(4-2)16-28-24-10-7-6-9-21(24)22(17-29)25(28)14-12-19-11-13-20(26)15-23(19)27/h6-7,9-11,13,15,17-18H,3-5,8,16H2,1-2H3. The van der Waals surface area contributed by atoms with Gasteiger partial charge in [0.1, 0.15) is 17.3 Å². The highest BCUT2D eigenvalue weighted by molar-refractivity contribution is 6.00. The van der Waals surface area contributed by atoms with Gasteiger partial charge in [0.25, 0.3) is 0 Å². The molecule has 0 fully saturated rings. The maximum Gasteiger partial charge on any atom is 0.153 e. The molecule has 0 aliphatic rings. The average molecular weight is 393 g/mol. The van der Waals surface area contributed by atoms with Crippen LogP contribution in [0.2, 0.25) is 0 Å². The Labute approximate surface area is 170 Å². The summed E-state index contributed by atoms with van der Waals surface area (Å²) in [6.45, 7) is 5.10. The quantitative estimate of drug-likeness (QED) is 0.339. The fourth-order valence-corrected chi connectivity index (χ4v) is 3.67. The molecule has 1 unspecified atom stereocenters. The van der Waals surface area contributed by atoms with Crippen molar-refractivity contribution in [2.45, 2.75) is 46.1 Å². The number of aldehydes is 1. The third kappa shape index (κ3) is 4.56. The maximum atomic E-state index is 14.0. The third-order valence-corrected chi connectivity index (χ3v) is 5.36. The number of unbranched alkanes of at least 4 members (excludes halogenated alkanes) is 1. The third-order valence-electron chi connectivity index (χ3n) is 5.36. The number of fused-ring (bicyclic) bond motifs is 1. The Morgan fingerprint density at radius 1 is 1.10 bits per heavy atom. The zero-order valence-electron chi connectivity index (χ0n) is 16.8. The van der Waals surface area contributed by atoms with Crippen LogP contribution in [0.25, 0.3) is 10.9 Å². The molecule has 0 N–H and O–H groups in total. The molecule has 2 aromatic carbocycles. The van der Waals surface area contributed by atoms with E-state index in [0.717, 1.165) is 55.5 Å². The van der Waals surface area contributed by atoms with E-state index in [9.17, 15) is 13.6 Å². The number of rotatable bonds is 7. The second kappa shape index (κ2) is 9.52. The second-order valence-electron chi connectivity index (χ2n) is 7.30. The van der Waals surface area contributed by atoms with Gasteiger partial charge in [-0.05, 0) is 36.5 Å². The van der Waals surface area contributed by atoms with Crippen LogP contribution in [0.3, 0.4) is 0 Å². The number of aromatic nitrogens is 1. The molecule has 0 bridgehead atoms. The minimum atomic E-state index is -0.706. The largest absolute Gasteiger partial charge is 0.333 e. The van der Waals surface area contributed by atoms with Crippen LogP contribution < -0.4 is 0 Å². The number of carbonyl (C=O) groups excluding carboxylic acids is 1. The molecule has 1 atom stereocenters. The summed E-state index contributed by atoms with van der Waals surface area (Å²) in [5, 5.41) is 0.844. The van der Waals surface area contributed by atoms with Gasteiger partial charge >= 0.3 is 0 Å². The van der Waals surface area contributed by atoms with E-state index < -0.39 is 11.6 Å². The van der Waals surface area contributed by atoms with Gasteiger partial charge in [0.05, 0.1) is 11.1 Å². The number of para-hydroxylation sites is 1. The molecule has 0 saturated heterocycles. The Balaban J connectivity index is 2.12. The average Bonchev–Trinajstić information content (AvgIpc) is 3.02. The summed E-state index contributed by atoms with van der Waals surface area (Å²) in [7, 11) is 0. The number of halogens is 2. The summed E-state index contributed by atoms with van der Waals surface area (Å²) in [6, 6.07) is 11.0. The Bertz CT molecular complexity index is 1070. The molecule has 0 amide bonds. The van der Waals surface area contributed by atoms with E-state index in [1.807, 2.05) is 24.3 Å². The van der Waals surface area contributed by atoms with Gasteiger partial charge in [0, 0.05) is 23.5 Å². The van der Waals surface area contributed by atoms with Gasteiger partial charge in [-0.3, -0.25) is 4.79 Å². The predicted octanol–water partition coefficient (Wildman–Crippen LogP) is 6.35. The lowest BCUT2D eigenvalue weighted by atomic mass is 9.99. The van der Waals surface area contributed by atoms with E-state index in [1.54, 1.807) is 0 Å². The van der Waals surface area contributed by atoms with E-state index in [-0.39, 0.29) is 5.56 Å². The molecule has 2 nitrogen and oxygen atoms in total. The minimum absolute atomic E-state index is 0.109. The van der Waals surface area contributed by atoms with Gasteiger partial charge in [0.15, 0.2) is 6.29 Å². The van der Waals surface area contributed by atoms with Gasteiger partial charge in [-0.25, -0.2) is 8.78 Å². The van der Waals surface area contributed by atoms with Crippen molar-refractivity contribution in [2.24, 2.45) is 5.92 Å². The first kappa shape index (κ1) is 20.8. The lowest BCUT2D eigenvalue weighted by Gasteiger charge is -2.17. The van der Waals surface area contributed by atoms with E-state index in [2.05, 4.69) is 30.3 Å². The Kier molecular flexibility index (Phi) is 6.82. The molecule has 3 aromatic rings. The molecule has 29 heavy (non-hydrogen) atoms. The summed E-state index contributed by atoms with van der Waals surface area (Å²) in [5.41, 5.74) is 2.16. The first-order valence-corrected chi connectivity index (χ1v) is 10.1. The number of carbonyl (C=O) groups is 1. The number of hydrogen-bond donors (Lipinski definition) is 0. The Morgan fingerprint density at radius 3 is 2.59 bits per heavy atom. The van der Waals surface area contributed by atoms with Crippen LogP contribution in [-0.2, 0) is 6.54 Å². The van der Waals surface area contributed by atoms with Crippen molar-refractivity contribution in [3.05, 3.63) is 70.9 Å². The predicted molar refractivity (Wildman–Crippen MR) is 113 cm³/mol. The van der Waals surface area contributed by atoms with E-state index in [1.165, 1.54) is 12.1 Å². The monoisotopic (exact) mass is 393 g/mol. The molecule has 0 saturated carbocycles. The molecule has 1 aromatic heterocycles. The molecule has 4 heteroatoms. The van der Waals surface area contributed by atoms with E-state index in [0.29, 0.717) is 17.2 Å².